The van der Waals surface area contributed by atoms with Crippen LogP contribution in [-0.2, 0) is 6.54 Å². The van der Waals surface area contributed by atoms with Crippen molar-refractivity contribution in [2.24, 2.45) is 5.73 Å². The number of aromatic nitrogens is 2. The van der Waals surface area contributed by atoms with Crippen LogP contribution in [0.1, 0.15) is 28.4 Å². The highest BCUT2D eigenvalue weighted by atomic mass is 32.1. The van der Waals surface area contributed by atoms with E-state index in [1.165, 1.54) is 0 Å². The standard InChI is InChI=1S/C13H16N4OS/c1-7-5-11(12(13(14)19)9(3)16-7)15-6-10-4-8(2)17-18-10/h4-5H,6H2,1-3H3,(H2,14,19)(H,15,16). The fraction of sp³-hybridized carbons (Fsp3) is 0.308. The summed E-state index contributed by atoms with van der Waals surface area (Å²) < 4.78 is 5.15. The topological polar surface area (TPSA) is 77.0 Å². The molecule has 0 aliphatic heterocycles. The van der Waals surface area contributed by atoms with Crippen LogP contribution < -0.4 is 11.1 Å². The highest BCUT2D eigenvalue weighted by Crippen LogP contribution is 2.20. The number of hydrogen-bond donors (Lipinski definition) is 2. The van der Waals surface area contributed by atoms with Gasteiger partial charge in [0.2, 0.25) is 0 Å². The van der Waals surface area contributed by atoms with Crippen LogP contribution in [-0.4, -0.2) is 15.1 Å². The van der Waals surface area contributed by atoms with Gasteiger partial charge in [0, 0.05) is 23.1 Å². The third-order valence-electron chi connectivity index (χ3n) is 2.70. The number of nitrogens with one attached hydrogen (secondary N) is 1. The Kier molecular flexibility index (Phi) is 3.80. The molecule has 0 aliphatic rings. The van der Waals surface area contributed by atoms with Gasteiger partial charge in [0.25, 0.3) is 0 Å². The number of nitrogens with two attached hydrogens (primary N) is 1. The van der Waals surface area contributed by atoms with E-state index in [2.05, 4.69) is 15.5 Å². The Morgan fingerprint density at radius 1 is 1.32 bits per heavy atom. The lowest BCUT2D eigenvalue weighted by Crippen LogP contribution is -2.16. The van der Waals surface area contributed by atoms with Gasteiger partial charge in [-0.3, -0.25) is 4.98 Å². The fourth-order valence-electron chi connectivity index (χ4n) is 1.96. The van der Waals surface area contributed by atoms with E-state index in [1.54, 1.807) is 0 Å². The summed E-state index contributed by atoms with van der Waals surface area (Å²) in [4.78, 5) is 4.71. The maximum Gasteiger partial charge on any atom is 0.156 e. The molecule has 2 aromatic rings. The van der Waals surface area contributed by atoms with Crippen molar-refractivity contribution in [2.75, 3.05) is 5.32 Å². The van der Waals surface area contributed by atoms with Gasteiger partial charge in [-0.2, -0.15) is 0 Å². The molecule has 0 aliphatic carbocycles. The van der Waals surface area contributed by atoms with Gasteiger partial charge in [-0.1, -0.05) is 17.4 Å². The third-order valence-corrected chi connectivity index (χ3v) is 2.91. The van der Waals surface area contributed by atoms with Gasteiger partial charge < -0.3 is 15.6 Å². The molecule has 0 fully saturated rings. The molecule has 0 saturated carbocycles. The zero-order valence-corrected chi connectivity index (χ0v) is 12.0. The quantitative estimate of drug-likeness (QED) is 0.834. The summed E-state index contributed by atoms with van der Waals surface area (Å²) in [5.74, 6) is 0.763. The third kappa shape index (κ3) is 3.08. The Balaban J connectivity index is 2.26. The Hall–Kier alpha value is -1.95. The van der Waals surface area contributed by atoms with E-state index < -0.39 is 0 Å². The fourth-order valence-corrected chi connectivity index (χ4v) is 2.22. The Morgan fingerprint density at radius 3 is 2.63 bits per heavy atom. The van der Waals surface area contributed by atoms with Crippen LogP contribution in [0.2, 0.25) is 0 Å². The van der Waals surface area contributed by atoms with E-state index in [4.69, 9.17) is 22.5 Å². The predicted molar refractivity (Wildman–Crippen MR) is 78.2 cm³/mol. The summed E-state index contributed by atoms with van der Waals surface area (Å²) >= 11 is 5.08. The van der Waals surface area contributed by atoms with Crippen LogP contribution >= 0.6 is 12.2 Å². The zero-order chi connectivity index (χ0) is 14.0. The van der Waals surface area contributed by atoms with Crippen molar-refractivity contribution in [3.63, 3.8) is 0 Å². The second kappa shape index (κ2) is 5.36. The molecule has 0 atom stereocenters. The Labute approximate surface area is 117 Å². The number of pyridine rings is 1. The lowest BCUT2D eigenvalue weighted by Gasteiger charge is -2.13. The molecule has 0 spiro atoms. The molecule has 0 radical (unpaired) electrons. The minimum Gasteiger partial charge on any atom is -0.389 e. The van der Waals surface area contributed by atoms with Crippen molar-refractivity contribution in [1.82, 2.24) is 10.1 Å². The number of hydrogen-bond acceptors (Lipinski definition) is 5. The first-order chi connectivity index (χ1) is 8.97. The number of rotatable bonds is 4. The minimum atomic E-state index is 0.334. The van der Waals surface area contributed by atoms with Crippen molar-refractivity contribution < 1.29 is 4.52 Å². The molecule has 5 nitrogen and oxygen atoms in total. The van der Waals surface area contributed by atoms with Gasteiger partial charge in [0.1, 0.15) is 4.99 Å². The van der Waals surface area contributed by atoms with Crippen molar-refractivity contribution in [3.8, 4) is 0 Å². The number of thiocarbonyl (C=S) groups is 1. The minimum absolute atomic E-state index is 0.334. The molecule has 2 heterocycles. The van der Waals surface area contributed by atoms with E-state index in [0.29, 0.717) is 11.5 Å². The highest BCUT2D eigenvalue weighted by molar-refractivity contribution is 7.80. The Morgan fingerprint density at radius 2 is 2.05 bits per heavy atom. The second-order valence-corrected chi connectivity index (χ2v) is 4.86. The average Bonchev–Trinajstić information content (AvgIpc) is 2.71. The second-order valence-electron chi connectivity index (χ2n) is 4.42. The maximum atomic E-state index is 5.75. The molecule has 19 heavy (non-hydrogen) atoms. The maximum absolute atomic E-state index is 5.75. The molecule has 6 heteroatoms. The highest BCUT2D eigenvalue weighted by Gasteiger charge is 2.11. The van der Waals surface area contributed by atoms with Gasteiger partial charge in [0.15, 0.2) is 5.76 Å². The zero-order valence-electron chi connectivity index (χ0n) is 11.2. The van der Waals surface area contributed by atoms with Gasteiger partial charge in [-0.15, -0.1) is 0 Å². The van der Waals surface area contributed by atoms with E-state index in [9.17, 15) is 0 Å². The SMILES string of the molecule is Cc1cc(CNc2cc(C)nc(C)c2C(N)=S)on1. The van der Waals surface area contributed by atoms with Crippen LogP contribution in [0.3, 0.4) is 0 Å². The van der Waals surface area contributed by atoms with Crippen molar-refractivity contribution in [3.05, 3.63) is 40.5 Å². The monoisotopic (exact) mass is 276 g/mol. The smallest absolute Gasteiger partial charge is 0.156 e. The van der Waals surface area contributed by atoms with E-state index in [1.807, 2.05) is 32.9 Å². The molecule has 3 N–H and O–H groups in total. The molecular formula is C13H16N4OS. The summed E-state index contributed by atoms with van der Waals surface area (Å²) in [5.41, 5.74) is 9.99. The average molecular weight is 276 g/mol. The molecule has 0 aromatic carbocycles. The normalized spacial score (nSPS) is 10.5. The molecular weight excluding hydrogens is 260 g/mol. The van der Waals surface area contributed by atoms with Gasteiger partial charge in [-0.25, -0.2) is 0 Å². The number of anilines is 1. The summed E-state index contributed by atoms with van der Waals surface area (Å²) in [7, 11) is 0. The summed E-state index contributed by atoms with van der Waals surface area (Å²) in [6.45, 7) is 6.24. The van der Waals surface area contributed by atoms with Crippen LogP contribution in [0.4, 0.5) is 5.69 Å². The van der Waals surface area contributed by atoms with Crippen molar-refractivity contribution in [1.29, 1.82) is 0 Å². The van der Waals surface area contributed by atoms with Crippen LogP contribution in [0.15, 0.2) is 16.7 Å². The van der Waals surface area contributed by atoms with Crippen molar-refractivity contribution in [2.45, 2.75) is 27.3 Å². The van der Waals surface area contributed by atoms with E-state index in [-0.39, 0.29) is 0 Å². The molecule has 100 valence electrons. The lowest BCUT2D eigenvalue weighted by molar-refractivity contribution is 0.384. The lowest BCUT2D eigenvalue weighted by atomic mass is 10.1. The van der Waals surface area contributed by atoms with E-state index >= 15 is 0 Å². The predicted octanol–water partition coefficient (Wildman–Crippen LogP) is 2.24. The number of nitrogens with zero attached hydrogens (tertiary/aromatic N) is 2. The van der Waals surface area contributed by atoms with Gasteiger partial charge in [-0.05, 0) is 26.8 Å². The first-order valence-corrected chi connectivity index (χ1v) is 6.32. The first kappa shape index (κ1) is 13.5. The summed E-state index contributed by atoms with van der Waals surface area (Å²) in [5, 5.41) is 7.11. The van der Waals surface area contributed by atoms with Gasteiger partial charge >= 0.3 is 0 Å². The van der Waals surface area contributed by atoms with Crippen LogP contribution in [0.25, 0.3) is 0 Å². The molecule has 0 unspecified atom stereocenters. The van der Waals surface area contributed by atoms with Gasteiger partial charge in [0.05, 0.1) is 17.8 Å². The molecule has 2 rings (SSSR count). The largest absolute Gasteiger partial charge is 0.389 e. The molecule has 0 saturated heterocycles. The Bertz CT molecular complexity index is 621. The van der Waals surface area contributed by atoms with Crippen LogP contribution in [0.5, 0.6) is 0 Å². The van der Waals surface area contributed by atoms with Crippen molar-refractivity contribution >= 4 is 22.9 Å². The molecule has 2 aromatic heterocycles. The van der Waals surface area contributed by atoms with Crippen LogP contribution in [0, 0.1) is 20.8 Å². The number of aryl methyl sites for hydroxylation is 3. The summed E-state index contributed by atoms with van der Waals surface area (Å²) in [6.07, 6.45) is 0. The first-order valence-electron chi connectivity index (χ1n) is 5.91. The molecule has 0 amide bonds. The molecule has 0 bridgehead atoms. The summed E-state index contributed by atoms with van der Waals surface area (Å²) in [6, 6.07) is 3.80. The van der Waals surface area contributed by atoms with E-state index in [0.717, 1.165) is 34.1 Å².